The minimum Gasteiger partial charge on any atom is -0.349 e. The third-order valence-electron chi connectivity index (χ3n) is 3.01. The van der Waals surface area contributed by atoms with E-state index >= 15 is 0 Å². The molecule has 0 bridgehead atoms. The lowest BCUT2D eigenvalue weighted by atomic mass is 10.2. The molecule has 1 aliphatic rings. The van der Waals surface area contributed by atoms with Gasteiger partial charge in [0.15, 0.2) is 5.11 Å². The lowest BCUT2D eigenvalue weighted by Gasteiger charge is -2.24. The van der Waals surface area contributed by atoms with E-state index in [1.165, 1.54) is 31.7 Å². The van der Waals surface area contributed by atoms with E-state index in [1.54, 1.807) is 18.2 Å². The van der Waals surface area contributed by atoms with Crippen molar-refractivity contribution in [2.24, 2.45) is 0 Å². The summed E-state index contributed by atoms with van der Waals surface area (Å²) in [5.74, 6) is -0.260. The average Bonchev–Trinajstić information content (AvgIpc) is 2.61. The quantitative estimate of drug-likeness (QED) is 0.771. The summed E-state index contributed by atoms with van der Waals surface area (Å²) in [6, 6.07) is 6.62. The van der Waals surface area contributed by atoms with Crippen molar-refractivity contribution >= 4 is 23.0 Å². The van der Waals surface area contributed by atoms with Gasteiger partial charge >= 0.3 is 0 Å². The Labute approximate surface area is 107 Å². The SMILES string of the molecule is Fc1ccccc1NC(=S)N1CCCCCC1. The van der Waals surface area contributed by atoms with Crippen molar-refractivity contribution in [2.45, 2.75) is 25.7 Å². The molecule has 2 nitrogen and oxygen atoms in total. The average molecular weight is 252 g/mol. The van der Waals surface area contributed by atoms with Crippen LogP contribution in [0.15, 0.2) is 24.3 Å². The van der Waals surface area contributed by atoms with Crippen LogP contribution >= 0.6 is 12.2 Å². The fourth-order valence-electron chi connectivity index (χ4n) is 2.03. The molecule has 0 amide bonds. The van der Waals surface area contributed by atoms with Gasteiger partial charge in [0.05, 0.1) is 5.69 Å². The summed E-state index contributed by atoms with van der Waals surface area (Å²) < 4.78 is 13.5. The van der Waals surface area contributed by atoms with E-state index in [0.717, 1.165) is 13.1 Å². The minimum atomic E-state index is -0.260. The van der Waals surface area contributed by atoms with Crippen molar-refractivity contribution in [1.29, 1.82) is 0 Å². The number of benzene rings is 1. The highest BCUT2D eigenvalue weighted by Crippen LogP contribution is 2.15. The molecule has 0 atom stereocenters. The van der Waals surface area contributed by atoms with Gasteiger partial charge < -0.3 is 10.2 Å². The maximum absolute atomic E-state index is 13.5. The van der Waals surface area contributed by atoms with E-state index in [4.69, 9.17) is 12.2 Å². The second-order valence-corrected chi connectivity index (χ2v) is 4.70. The summed E-state index contributed by atoms with van der Waals surface area (Å²) in [5, 5.41) is 3.63. The van der Waals surface area contributed by atoms with Gasteiger partial charge in [0.1, 0.15) is 5.82 Å². The highest BCUT2D eigenvalue weighted by molar-refractivity contribution is 7.80. The van der Waals surface area contributed by atoms with Gasteiger partial charge in [-0.05, 0) is 37.2 Å². The molecule has 1 fully saturated rings. The number of nitrogens with one attached hydrogen (secondary N) is 1. The zero-order valence-corrected chi connectivity index (χ0v) is 10.6. The Morgan fingerprint density at radius 3 is 2.41 bits per heavy atom. The molecule has 2 rings (SSSR count). The molecule has 0 saturated carbocycles. The monoisotopic (exact) mass is 252 g/mol. The van der Waals surface area contributed by atoms with Crippen molar-refractivity contribution in [3.05, 3.63) is 30.1 Å². The molecule has 0 unspecified atom stereocenters. The van der Waals surface area contributed by atoms with Gasteiger partial charge in [-0.25, -0.2) is 4.39 Å². The van der Waals surface area contributed by atoms with Gasteiger partial charge in [-0.3, -0.25) is 0 Å². The topological polar surface area (TPSA) is 15.3 Å². The zero-order valence-electron chi connectivity index (χ0n) is 9.79. The fourth-order valence-corrected chi connectivity index (χ4v) is 2.32. The van der Waals surface area contributed by atoms with Gasteiger partial charge in [0.25, 0.3) is 0 Å². The third-order valence-corrected chi connectivity index (χ3v) is 3.37. The van der Waals surface area contributed by atoms with Crippen LogP contribution in [0.3, 0.4) is 0 Å². The Kier molecular flexibility index (Phi) is 4.31. The Balaban J connectivity index is 1.98. The molecule has 4 heteroatoms. The van der Waals surface area contributed by atoms with Crippen molar-refractivity contribution in [3.8, 4) is 0 Å². The molecular formula is C13H17FN2S. The second-order valence-electron chi connectivity index (χ2n) is 4.31. The van der Waals surface area contributed by atoms with E-state index in [0.29, 0.717) is 10.8 Å². The molecule has 0 radical (unpaired) electrons. The van der Waals surface area contributed by atoms with Crippen LogP contribution in [0.4, 0.5) is 10.1 Å². The summed E-state index contributed by atoms with van der Waals surface area (Å²) in [4.78, 5) is 2.13. The highest BCUT2D eigenvalue weighted by atomic mass is 32.1. The van der Waals surface area contributed by atoms with Gasteiger partial charge in [-0.15, -0.1) is 0 Å². The first-order chi connectivity index (χ1) is 8.27. The second kappa shape index (κ2) is 5.96. The van der Waals surface area contributed by atoms with Crippen LogP contribution in [0.1, 0.15) is 25.7 Å². The fraction of sp³-hybridized carbons (Fsp3) is 0.462. The molecule has 17 heavy (non-hydrogen) atoms. The molecular weight excluding hydrogens is 235 g/mol. The van der Waals surface area contributed by atoms with E-state index in [2.05, 4.69) is 10.2 Å². The molecule has 1 aliphatic heterocycles. The number of likely N-dealkylation sites (tertiary alicyclic amines) is 1. The predicted octanol–water partition coefficient (Wildman–Crippen LogP) is 3.40. The summed E-state index contributed by atoms with van der Waals surface area (Å²) >= 11 is 5.32. The van der Waals surface area contributed by atoms with Crippen LogP contribution in [0.25, 0.3) is 0 Å². The minimum absolute atomic E-state index is 0.260. The summed E-state index contributed by atoms with van der Waals surface area (Å²) in [6.07, 6.45) is 4.86. The number of anilines is 1. The van der Waals surface area contributed by atoms with Gasteiger partial charge in [-0.1, -0.05) is 25.0 Å². The number of thiocarbonyl (C=S) groups is 1. The van der Waals surface area contributed by atoms with Crippen LogP contribution in [0.5, 0.6) is 0 Å². The molecule has 0 aromatic heterocycles. The molecule has 1 aromatic rings. The third kappa shape index (κ3) is 3.40. The lowest BCUT2D eigenvalue weighted by molar-refractivity contribution is 0.441. The molecule has 0 spiro atoms. The highest BCUT2D eigenvalue weighted by Gasteiger charge is 2.13. The first-order valence-corrected chi connectivity index (χ1v) is 6.48. The largest absolute Gasteiger partial charge is 0.349 e. The van der Waals surface area contributed by atoms with Gasteiger partial charge in [-0.2, -0.15) is 0 Å². The number of rotatable bonds is 1. The van der Waals surface area contributed by atoms with E-state index < -0.39 is 0 Å². The Morgan fingerprint density at radius 2 is 1.76 bits per heavy atom. The zero-order chi connectivity index (χ0) is 12.1. The number of para-hydroxylation sites is 1. The maximum atomic E-state index is 13.5. The summed E-state index contributed by atoms with van der Waals surface area (Å²) in [6.45, 7) is 1.95. The molecule has 1 saturated heterocycles. The van der Waals surface area contributed by atoms with E-state index in [9.17, 15) is 4.39 Å². The maximum Gasteiger partial charge on any atom is 0.173 e. The van der Waals surface area contributed by atoms with E-state index in [-0.39, 0.29) is 5.82 Å². The smallest absolute Gasteiger partial charge is 0.173 e. The van der Waals surface area contributed by atoms with Gasteiger partial charge in [0, 0.05) is 13.1 Å². The van der Waals surface area contributed by atoms with Crippen LogP contribution in [-0.4, -0.2) is 23.1 Å². The summed E-state index contributed by atoms with van der Waals surface area (Å²) in [7, 11) is 0. The first kappa shape index (κ1) is 12.3. The Bertz CT molecular complexity index is 387. The molecule has 1 aromatic carbocycles. The Morgan fingerprint density at radius 1 is 1.12 bits per heavy atom. The van der Waals surface area contributed by atoms with Crippen LogP contribution in [0, 0.1) is 5.82 Å². The van der Waals surface area contributed by atoms with Crippen molar-refractivity contribution in [1.82, 2.24) is 4.90 Å². The lowest BCUT2D eigenvalue weighted by Crippen LogP contribution is -2.35. The predicted molar refractivity (Wildman–Crippen MR) is 72.7 cm³/mol. The van der Waals surface area contributed by atoms with Gasteiger partial charge in [0.2, 0.25) is 0 Å². The molecule has 92 valence electrons. The van der Waals surface area contributed by atoms with Crippen molar-refractivity contribution in [3.63, 3.8) is 0 Å². The van der Waals surface area contributed by atoms with Crippen LogP contribution < -0.4 is 5.32 Å². The molecule has 1 heterocycles. The normalized spacial score (nSPS) is 16.4. The molecule has 1 N–H and O–H groups in total. The van der Waals surface area contributed by atoms with E-state index in [1.807, 2.05) is 0 Å². The van der Waals surface area contributed by atoms with Crippen LogP contribution in [0.2, 0.25) is 0 Å². The number of halogens is 1. The standard InChI is InChI=1S/C13H17FN2S/c14-11-7-3-4-8-12(11)15-13(17)16-9-5-1-2-6-10-16/h3-4,7-8H,1-2,5-6,9-10H2,(H,15,17). The van der Waals surface area contributed by atoms with Crippen molar-refractivity contribution < 1.29 is 4.39 Å². The number of nitrogens with zero attached hydrogens (tertiary/aromatic N) is 1. The van der Waals surface area contributed by atoms with Crippen LogP contribution in [-0.2, 0) is 0 Å². The van der Waals surface area contributed by atoms with Crippen molar-refractivity contribution in [2.75, 3.05) is 18.4 Å². The summed E-state index contributed by atoms with van der Waals surface area (Å²) in [5.41, 5.74) is 0.460. The number of hydrogen-bond donors (Lipinski definition) is 1. The number of hydrogen-bond acceptors (Lipinski definition) is 1. The Hall–Kier alpha value is -1.16. The first-order valence-electron chi connectivity index (χ1n) is 6.08. The molecule has 0 aliphatic carbocycles.